The van der Waals surface area contributed by atoms with E-state index in [2.05, 4.69) is 69.0 Å². The minimum absolute atomic E-state index is 0.168. The van der Waals surface area contributed by atoms with Crippen molar-refractivity contribution in [3.8, 4) is 22.8 Å². The van der Waals surface area contributed by atoms with Crippen LogP contribution in [0.3, 0.4) is 0 Å². The van der Waals surface area contributed by atoms with Gasteiger partial charge in [0.05, 0.1) is 5.69 Å². The SMILES string of the molecule is CCc1ccccc1N1CCCSC1=NC(O)NCC(C)(C)Cc1ccc(-c2ncn(-c3ccc(OC(F)(F)F)cc3)n2)cc1. The number of anilines is 1. The standard InChI is InChI=1S/C33H37F3N6O2S/c1-4-24-8-5-6-9-28(24)41-18-7-19-45-31(41)39-30(43)37-21-32(2,3)20-23-10-12-25(13-11-23)29-38-22-42(40-29)26-14-16-27(17-15-26)44-33(34,35)36/h5-6,8-17,22,30,37,43H,4,7,18-21H2,1-3H3. The van der Waals surface area contributed by atoms with Crippen molar-refractivity contribution >= 4 is 22.6 Å². The summed E-state index contributed by atoms with van der Waals surface area (Å²) in [5, 5.41) is 19.3. The van der Waals surface area contributed by atoms with Crippen LogP contribution in [0, 0.1) is 5.41 Å². The Hall–Kier alpha value is -3.87. The van der Waals surface area contributed by atoms with Crippen molar-refractivity contribution < 1.29 is 23.0 Å². The Balaban J connectivity index is 1.17. The Labute approximate surface area is 265 Å². The van der Waals surface area contributed by atoms with Crippen LogP contribution in [0.15, 0.2) is 84.1 Å². The summed E-state index contributed by atoms with van der Waals surface area (Å²) in [7, 11) is 0. The topological polar surface area (TPSA) is 87.8 Å². The quantitative estimate of drug-likeness (QED) is 0.174. The number of nitrogens with one attached hydrogen (secondary N) is 1. The zero-order chi connectivity index (χ0) is 32.0. The van der Waals surface area contributed by atoms with Crippen molar-refractivity contribution in [2.24, 2.45) is 10.4 Å². The highest BCUT2D eigenvalue weighted by Crippen LogP contribution is 2.29. The molecule has 45 heavy (non-hydrogen) atoms. The molecule has 8 nitrogen and oxygen atoms in total. The van der Waals surface area contributed by atoms with Crippen LogP contribution in [0.2, 0.25) is 0 Å². The van der Waals surface area contributed by atoms with E-state index >= 15 is 0 Å². The average molecular weight is 639 g/mol. The Bertz CT molecular complexity index is 1590. The van der Waals surface area contributed by atoms with Crippen LogP contribution in [-0.4, -0.2) is 56.6 Å². The summed E-state index contributed by atoms with van der Waals surface area (Å²) in [6, 6.07) is 21.7. The molecule has 2 heterocycles. The Kier molecular flexibility index (Phi) is 10.2. The molecule has 0 radical (unpaired) electrons. The number of rotatable bonds is 11. The van der Waals surface area contributed by atoms with Crippen molar-refractivity contribution in [1.82, 2.24) is 20.1 Å². The summed E-state index contributed by atoms with van der Waals surface area (Å²) in [5.74, 6) is 1.17. The van der Waals surface area contributed by atoms with Gasteiger partial charge in [-0.15, -0.1) is 18.3 Å². The average Bonchev–Trinajstić information content (AvgIpc) is 3.51. The van der Waals surface area contributed by atoms with Gasteiger partial charge < -0.3 is 14.7 Å². The molecule has 238 valence electrons. The number of thioether (sulfide) groups is 1. The number of aliphatic hydroxyl groups excluding tert-OH is 1. The molecule has 1 saturated heterocycles. The Morgan fingerprint density at radius 3 is 2.49 bits per heavy atom. The van der Waals surface area contributed by atoms with E-state index in [0.717, 1.165) is 53.5 Å². The highest BCUT2D eigenvalue weighted by atomic mass is 32.2. The molecule has 1 atom stereocenters. The Morgan fingerprint density at radius 2 is 1.78 bits per heavy atom. The minimum Gasteiger partial charge on any atom is -0.406 e. The summed E-state index contributed by atoms with van der Waals surface area (Å²) in [5.41, 5.74) is 4.74. The summed E-state index contributed by atoms with van der Waals surface area (Å²) in [4.78, 5) is 11.2. The summed E-state index contributed by atoms with van der Waals surface area (Å²) in [6.07, 6.45) is -1.48. The first-order chi connectivity index (χ1) is 21.5. The van der Waals surface area contributed by atoms with Crippen molar-refractivity contribution in [3.05, 3.63) is 90.3 Å². The molecule has 4 aromatic rings. The smallest absolute Gasteiger partial charge is 0.406 e. The van der Waals surface area contributed by atoms with E-state index in [1.54, 1.807) is 11.8 Å². The van der Waals surface area contributed by atoms with Gasteiger partial charge in [-0.1, -0.05) is 75.0 Å². The van der Waals surface area contributed by atoms with Gasteiger partial charge in [0.25, 0.3) is 0 Å². The third kappa shape index (κ3) is 8.86. The molecule has 3 aromatic carbocycles. The maximum absolute atomic E-state index is 12.4. The van der Waals surface area contributed by atoms with Gasteiger partial charge in [-0.05, 0) is 66.1 Å². The highest BCUT2D eigenvalue weighted by molar-refractivity contribution is 8.14. The molecule has 5 rings (SSSR count). The molecule has 1 fully saturated rings. The number of benzene rings is 3. The molecule has 1 aliphatic rings. The van der Waals surface area contributed by atoms with Crippen LogP contribution < -0.4 is 15.0 Å². The maximum Gasteiger partial charge on any atom is 0.573 e. The number of aromatic nitrogens is 3. The van der Waals surface area contributed by atoms with Crippen LogP contribution in [0.4, 0.5) is 18.9 Å². The van der Waals surface area contributed by atoms with Crippen LogP contribution in [0.1, 0.15) is 38.3 Å². The number of hydrogen-bond donors (Lipinski definition) is 2. The van der Waals surface area contributed by atoms with Crippen molar-refractivity contribution in [3.63, 3.8) is 0 Å². The summed E-state index contributed by atoms with van der Waals surface area (Å²) >= 11 is 1.67. The van der Waals surface area contributed by atoms with E-state index in [0.29, 0.717) is 18.1 Å². The first kappa shape index (κ1) is 32.5. The van der Waals surface area contributed by atoms with E-state index in [4.69, 9.17) is 0 Å². The predicted octanol–water partition coefficient (Wildman–Crippen LogP) is 6.83. The molecular weight excluding hydrogens is 601 g/mol. The molecule has 1 aromatic heterocycles. The van der Waals surface area contributed by atoms with Crippen molar-refractivity contribution in [1.29, 1.82) is 0 Å². The van der Waals surface area contributed by atoms with E-state index in [1.165, 1.54) is 40.8 Å². The van der Waals surface area contributed by atoms with Gasteiger partial charge in [0, 0.05) is 30.1 Å². The monoisotopic (exact) mass is 638 g/mol. The number of aryl methyl sites for hydroxylation is 1. The predicted molar refractivity (Wildman–Crippen MR) is 173 cm³/mol. The fraction of sp³-hybridized carbons (Fsp3) is 0.364. The number of nitrogens with zero attached hydrogens (tertiary/aromatic N) is 5. The van der Waals surface area contributed by atoms with Gasteiger partial charge in [-0.25, -0.2) is 14.7 Å². The molecule has 0 bridgehead atoms. The van der Waals surface area contributed by atoms with E-state index in [1.807, 2.05) is 30.3 Å². The largest absolute Gasteiger partial charge is 0.573 e. The number of para-hydroxylation sites is 1. The lowest BCUT2D eigenvalue weighted by Crippen LogP contribution is -2.40. The minimum atomic E-state index is -4.74. The number of amidine groups is 1. The first-order valence-electron chi connectivity index (χ1n) is 14.8. The first-order valence-corrected chi connectivity index (χ1v) is 15.8. The third-order valence-electron chi connectivity index (χ3n) is 7.37. The van der Waals surface area contributed by atoms with Gasteiger partial charge in [0.1, 0.15) is 12.1 Å². The van der Waals surface area contributed by atoms with Crippen LogP contribution in [0.25, 0.3) is 17.1 Å². The highest BCUT2D eigenvalue weighted by Gasteiger charge is 2.31. The third-order valence-corrected chi connectivity index (χ3v) is 8.45. The zero-order valence-corrected chi connectivity index (χ0v) is 26.3. The van der Waals surface area contributed by atoms with Gasteiger partial charge >= 0.3 is 6.36 Å². The molecule has 0 spiro atoms. The van der Waals surface area contributed by atoms with Gasteiger partial charge in [-0.2, -0.15) is 0 Å². The molecule has 1 aliphatic heterocycles. The second-order valence-electron chi connectivity index (χ2n) is 11.6. The fourth-order valence-corrected chi connectivity index (χ4v) is 6.16. The molecule has 12 heteroatoms. The number of aliphatic imine (C=N–C) groups is 1. The normalized spacial score (nSPS) is 15.8. The van der Waals surface area contributed by atoms with Crippen LogP contribution in [0.5, 0.6) is 5.75 Å². The second-order valence-corrected chi connectivity index (χ2v) is 12.7. The summed E-state index contributed by atoms with van der Waals surface area (Å²) in [6.45, 7) is 7.86. The molecule has 1 unspecified atom stereocenters. The Morgan fingerprint density at radius 1 is 1.04 bits per heavy atom. The molecule has 0 amide bonds. The summed E-state index contributed by atoms with van der Waals surface area (Å²) < 4.78 is 42.7. The van der Waals surface area contributed by atoms with Crippen molar-refractivity contribution in [2.45, 2.75) is 52.7 Å². The van der Waals surface area contributed by atoms with E-state index < -0.39 is 12.7 Å². The van der Waals surface area contributed by atoms with Crippen LogP contribution in [-0.2, 0) is 12.8 Å². The van der Waals surface area contributed by atoms with Gasteiger partial charge in [0.15, 0.2) is 11.0 Å². The lowest BCUT2D eigenvalue weighted by molar-refractivity contribution is -0.274. The van der Waals surface area contributed by atoms with E-state index in [-0.39, 0.29) is 11.2 Å². The lowest BCUT2D eigenvalue weighted by atomic mass is 9.85. The molecule has 0 saturated carbocycles. The van der Waals surface area contributed by atoms with Gasteiger partial charge in [-0.3, -0.25) is 5.32 Å². The number of hydrogen-bond acceptors (Lipinski definition) is 7. The molecule has 2 N–H and O–H groups in total. The number of ether oxygens (including phenoxy) is 1. The van der Waals surface area contributed by atoms with Gasteiger partial charge in [0.2, 0.25) is 6.35 Å². The number of aliphatic hydroxyl groups is 1. The second kappa shape index (κ2) is 14.1. The van der Waals surface area contributed by atoms with E-state index in [9.17, 15) is 18.3 Å². The number of halogens is 3. The van der Waals surface area contributed by atoms with Crippen LogP contribution >= 0.6 is 11.8 Å². The van der Waals surface area contributed by atoms with Crippen molar-refractivity contribution in [2.75, 3.05) is 23.7 Å². The molecular formula is C33H37F3N6O2S. The number of alkyl halides is 3. The lowest BCUT2D eigenvalue weighted by Gasteiger charge is -2.32. The maximum atomic E-state index is 12.4. The zero-order valence-electron chi connectivity index (χ0n) is 25.5. The molecule has 0 aliphatic carbocycles. The fourth-order valence-electron chi connectivity index (χ4n) is 5.19.